The normalized spacial score (nSPS) is 13.0. The Bertz CT molecular complexity index is 1260. The highest BCUT2D eigenvalue weighted by molar-refractivity contribution is 5.94. The second-order valence-electron chi connectivity index (χ2n) is 7.71. The molecule has 1 aliphatic rings. The molecule has 2 aromatic carbocycles. The van der Waals surface area contributed by atoms with Gasteiger partial charge in [0.1, 0.15) is 11.6 Å². The Morgan fingerprint density at radius 3 is 2.53 bits per heavy atom. The predicted octanol–water partition coefficient (Wildman–Crippen LogP) is 4.57. The molecule has 0 saturated heterocycles. The summed E-state index contributed by atoms with van der Waals surface area (Å²) in [6.07, 6.45) is 3.96. The van der Waals surface area contributed by atoms with Crippen LogP contribution in [-0.4, -0.2) is 25.2 Å². The molecule has 0 bridgehead atoms. The molecule has 0 fully saturated rings. The lowest BCUT2D eigenvalue weighted by Gasteiger charge is -2.18. The number of amides is 1. The summed E-state index contributed by atoms with van der Waals surface area (Å²) >= 11 is 0. The molecular weight excluding hydrogens is 379 g/mol. The molecule has 1 amide bonds. The standard InChI is InChI=1S/C24H21FN4O/c1-16-8-9-22(17(2)12-16)29-23(27-10-3-4-11-27)20-14-28(15-21(20)26-29)24(30)18-6-5-7-19(25)13-18/h3-13H,14-15H2,1-2H3. The predicted molar refractivity (Wildman–Crippen MR) is 112 cm³/mol. The van der Waals surface area contributed by atoms with Crippen molar-refractivity contribution in [2.24, 2.45) is 0 Å². The number of carbonyl (C=O) groups is 1. The Kier molecular flexibility index (Phi) is 4.28. The zero-order valence-electron chi connectivity index (χ0n) is 16.8. The van der Waals surface area contributed by atoms with E-state index < -0.39 is 5.82 Å². The maximum Gasteiger partial charge on any atom is 0.254 e. The van der Waals surface area contributed by atoms with Crippen LogP contribution < -0.4 is 0 Å². The van der Waals surface area contributed by atoms with Crippen LogP contribution in [0.5, 0.6) is 0 Å². The Labute approximate surface area is 174 Å². The molecule has 5 rings (SSSR count). The Morgan fingerprint density at radius 2 is 1.80 bits per heavy atom. The van der Waals surface area contributed by atoms with Crippen molar-refractivity contribution in [3.8, 4) is 11.5 Å². The van der Waals surface area contributed by atoms with Crippen molar-refractivity contribution in [3.63, 3.8) is 0 Å². The fraction of sp³-hybridized carbons (Fsp3) is 0.167. The number of hydrogen-bond acceptors (Lipinski definition) is 2. The number of benzene rings is 2. The molecule has 2 aromatic heterocycles. The number of aryl methyl sites for hydroxylation is 2. The fourth-order valence-electron chi connectivity index (χ4n) is 4.10. The van der Waals surface area contributed by atoms with Crippen molar-refractivity contribution in [1.29, 1.82) is 0 Å². The van der Waals surface area contributed by atoms with Crippen LogP contribution in [0, 0.1) is 19.7 Å². The molecule has 30 heavy (non-hydrogen) atoms. The number of fused-ring (bicyclic) bond motifs is 1. The van der Waals surface area contributed by atoms with Gasteiger partial charge in [-0.25, -0.2) is 9.07 Å². The van der Waals surface area contributed by atoms with Crippen molar-refractivity contribution in [2.75, 3.05) is 0 Å². The van der Waals surface area contributed by atoms with Crippen LogP contribution in [0.3, 0.4) is 0 Å². The van der Waals surface area contributed by atoms with Gasteiger partial charge < -0.3 is 9.47 Å². The molecule has 6 heteroatoms. The molecule has 4 aromatic rings. The summed E-state index contributed by atoms with van der Waals surface area (Å²) in [5.74, 6) is 0.325. The quantitative estimate of drug-likeness (QED) is 0.505. The highest BCUT2D eigenvalue weighted by atomic mass is 19.1. The number of aromatic nitrogens is 3. The van der Waals surface area contributed by atoms with Gasteiger partial charge in [-0.1, -0.05) is 23.8 Å². The van der Waals surface area contributed by atoms with Crippen molar-refractivity contribution >= 4 is 5.91 Å². The molecule has 0 saturated carbocycles. The third-order valence-corrected chi connectivity index (χ3v) is 5.52. The Balaban J connectivity index is 1.57. The van der Waals surface area contributed by atoms with Crippen LogP contribution in [0.15, 0.2) is 67.0 Å². The molecule has 0 radical (unpaired) electrons. The second-order valence-corrected chi connectivity index (χ2v) is 7.71. The molecular formula is C24H21FN4O. The maximum atomic E-state index is 13.6. The first-order chi connectivity index (χ1) is 14.5. The number of nitrogens with zero attached hydrogens (tertiary/aromatic N) is 4. The van der Waals surface area contributed by atoms with Crippen molar-refractivity contribution in [1.82, 2.24) is 19.2 Å². The topological polar surface area (TPSA) is 43.1 Å². The Hall–Kier alpha value is -3.67. The summed E-state index contributed by atoms with van der Waals surface area (Å²) in [5, 5.41) is 4.88. The summed E-state index contributed by atoms with van der Waals surface area (Å²) in [7, 11) is 0. The van der Waals surface area contributed by atoms with E-state index >= 15 is 0 Å². The smallest absolute Gasteiger partial charge is 0.254 e. The average molecular weight is 400 g/mol. The molecule has 1 aliphatic heterocycles. The van der Waals surface area contributed by atoms with Crippen LogP contribution in [-0.2, 0) is 13.1 Å². The van der Waals surface area contributed by atoms with Gasteiger partial charge in [-0.05, 0) is 55.8 Å². The van der Waals surface area contributed by atoms with E-state index in [0.29, 0.717) is 18.7 Å². The van der Waals surface area contributed by atoms with E-state index in [9.17, 15) is 9.18 Å². The molecule has 5 nitrogen and oxygen atoms in total. The van der Waals surface area contributed by atoms with Gasteiger partial charge in [-0.15, -0.1) is 0 Å². The lowest BCUT2D eigenvalue weighted by molar-refractivity contribution is 0.0748. The average Bonchev–Trinajstić information content (AvgIpc) is 3.43. The number of carbonyl (C=O) groups excluding carboxylic acids is 1. The van der Waals surface area contributed by atoms with Crippen LogP contribution in [0.1, 0.15) is 32.7 Å². The van der Waals surface area contributed by atoms with Gasteiger partial charge in [0.05, 0.1) is 24.5 Å². The third-order valence-electron chi connectivity index (χ3n) is 5.52. The van der Waals surface area contributed by atoms with Crippen LogP contribution >= 0.6 is 0 Å². The maximum absolute atomic E-state index is 13.6. The van der Waals surface area contributed by atoms with E-state index in [4.69, 9.17) is 5.10 Å². The first-order valence-electron chi connectivity index (χ1n) is 9.88. The summed E-state index contributed by atoms with van der Waals surface area (Å²) in [6.45, 7) is 4.98. The first kappa shape index (κ1) is 18.4. The molecule has 150 valence electrons. The summed E-state index contributed by atoms with van der Waals surface area (Å²) < 4.78 is 17.6. The van der Waals surface area contributed by atoms with Crippen LogP contribution in [0.4, 0.5) is 4.39 Å². The Morgan fingerprint density at radius 1 is 1.00 bits per heavy atom. The summed E-state index contributed by atoms with van der Waals surface area (Å²) in [6, 6.07) is 16.1. The van der Waals surface area contributed by atoms with Gasteiger partial charge in [-0.2, -0.15) is 5.10 Å². The van der Waals surface area contributed by atoms with Crippen molar-refractivity contribution in [2.45, 2.75) is 26.9 Å². The van der Waals surface area contributed by atoms with E-state index in [1.165, 1.54) is 17.7 Å². The SMILES string of the molecule is Cc1ccc(-n2nc3c(c2-n2cccc2)CN(C(=O)c2cccc(F)c2)C3)c(C)c1. The minimum absolute atomic E-state index is 0.191. The zero-order valence-corrected chi connectivity index (χ0v) is 16.8. The van der Waals surface area contributed by atoms with Gasteiger partial charge in [-0.3, -0.25) is 4.79 Å². The van der Waals surface area contributed by atoms with E-state index in [0.717, 1.165) is 28.3 Å². The van der Waals surface area contributed by atoms with Crippen molar-refractivity contribution < 1.29 is 9.18 Å². The highest BCUT2D eigenvalue weighted by Gasteiger charge is 2.32. The number of rotatable bonds is 3. The molecule has 0 atom stereocenters. The molecule has 0 N–H and O–H groups in total. The third kappa shape index (κ3) is 3.01. The van der Waals surface area contributed by atoms with Gasteiger partial charge in [0, 0.05) is 23.5 Å². The van der Waals surface area contributed by atoms with E-state index in [2.05, 4.69) is 32.0 Å². The molecule has 0 aliphatic carbocycles. The van der Waals surface area contributed by atoms with Gasteiger partial charge in [0.15, 0.2) is 0 Å². The monoisotopic (exact) mass is 400 g/mol. The van der Waals surface area contributed by atoms with Crippen LogP contribution in [0.2, 0.25) is 0 Å². The van der Waals surface area contributed by atoms with E-state index in [-0.39, 0.29) is 5.91 Å². The van der Waals surface area contributed by atoms with Gasteiger partial charge >= 0.3 is 0 Å². The van der Waals surface area contributed by atoms with Gasteiger partial charge in [0.25, 0.3) is 5.91 Å². The highest BCUT2D eigenvalue weighted by Crippen LogP contribution is 2.32. The lowest BCUT2D eigenvalue weighted by Crippen LogP contribution is -2.26. The number of halogens is 1. The largest absolute Gasteiger partial charge is 0.328 e. The summed E-state index contributed by atoms with van der Waals surface area (Å²) in [4.78, 5) is 14.6. The minimum Gasteiger partial charge on any atom is -0.328 e. The zero-order chi connectivity index (χ0) is 20.8. The van der Waals surface area contributed by atoms with Crippen LogP contribution in [0.25, 0.3) is 11.5 Å². The van der Waals surface area contributed by atoms with Crippen molar-refractivity contribution in [3.05, 3.63) is 101 Å². The first-order valence-corrected chi connectivity index (χ1v) is 9.88. The second kappa shape index (κ2) is 6.99. The van der Waals surface area contributed by atoms with Gasteiger partial charge in [0.2, 0.25) is 0 Å². The fourth-order valence-corrected chi connectivity index (χ4v) is 4.10. The molecule has 0 spiro atoms. The summed E-state index contributed by atoms with van der Waals surface area (Å²) in [5.41, 5.74) is 5.58. The van der Waals surface area contributed by atoms with E-state index in [1.807, 2.05) is 33.8 Å². The molecule has 3 heterocycles. The lowest BCUT2D eigenvalue weighted by atomic mass is 10.1. The molecule has 0 unspecified atom stereocenters. The van der Waals surface area contributed by atoms with E-state index in [1.54, 1.807) is 17.0 Å². The minimum atomic E-state index is -0.411. The number of hydrogen-bond donors (Lipinski definition) is 0.